The quantitative estimate of drug-likeness (QED) is 0.899. The molecule has 3 atom stereocenters. The van der Waals surface area contributed by atoms with Gasteiger partial charge in [0.15, 0.2) is 0 Å². The minimum absolute atomic E-state index is 0.644. The van der Waals surface area contributed by atoms with Gasteiger partial charge in [-0.15, -0.1) is 11.3 Å². The minimum atomic E-state index is 0.644. The molecule has 1 aliphatic heterocycles. The van der Waals surface area contributed by atoms with Crippen molar-refractivity contribution in [1.29, 1.82) is 0 Å². The summed E-state index contributed by atoms with van der Waals surface area (Å²) in [6.07, 6.45) is 4.53. The molecular weight excluding hydrogens is 254 g/mol. The van der Waals surface area contributed by atoms with Gasteiger partial charge in [-0.1, -0.05) is 13.8 Å². The SMILES string of the molecule is CCCNC1CCN(Cc2cnc(C)s2)C(C)C1C. The van der Waals surface area contributed by atoms with Crippen molar-refractivity contribution in [3.05, 3.63) is 16.1 Å². The highest BCUT2D eigenvalue weighted by atomic mass is 32.1. The molecule has 0 saturated carbocycles. The van der Waals surface area contributed by atoms with Crippen molar-refractivity contribution < 1.29 is 0 Å². The van der Waals surface area contributed by atoms with E-state index in [1.54, 1.807) is 0 Å². The Balaban J connectivity index is 1.91. The standard InChI is InChI=1S/C15H27N3S/c1-5-7-16-15-6-8-18(12(3)11(15)2)10-14-9-17-13(4)19-14/h9,11-12,15-16H,5-8,10H2,1-4H3. The second kappa shape index (κ2) is 6.82. The molecule has 0 spiro atoms. The van der Waals surface area contributed by atoms with Gasteiger partial charge >= 0.3 is 0 Å². The summed E-state index contributed by atoms with van der Waals surface area (Å²) in [7, 11) is 0. The fourth-order valence-electron chi connectivity index (χ4n) is 2.96. The smallest absolute Gasteiger partial charge is 0.0897 e. The van der Waals surface area contributed by atoms with Crippen molar-refractivity contribution in [3.8, 4) is 0 Å². The second-order valence-corrected chi connectivity index (χ2v) is 7.08. The largest absolute Gasteiger partial charge is 0.314 e. The average Bonchev–Trinajstić information content (AvgIpc) is 2.80. The summed E-state index contributed by atoms with van der Waals surface area (Å²) < 4.78 is 0. The maximum atomic E-state index is 4.36. The van der Waals surface area contributed by atoms with Gasteiger partial charge in [0.1, 0.15) is 0 Å². The lowest BCUT2D eigenvalue weighted by atomic mass is 9.87. The number of hydrogen-bond acceptors (Lipinski definition) is 4. The number of nitrogens with one attached hydrogen (secondary N) is 1. The van der Waals surface area contributed by atoms with Crippen LogP contribution in [0.1, 0.15) is 43.5 Å². The zero-order chi connectivity index (χ0) is 13.8. The molecule has 1 N–H and O–H groups in total. The molecule has 0 amide bonds. The lowest BCUT2D eigenvalue weighted by Crippen LogP contribution is -2.53. The number of hydrogen-bond donors (Lipinski definition) is 1. The van der Waals surface area contributed by atoms with Gasteiger partial charge in [0.2, 0.25) is 0 Å². The van der Waals surface area contributed by atoms with Crippen LogP contribution in [-0.4, -0.2) is 35.1 Å². The zero-order valence-electron chi connectivity index (χ0n) is 12.6. The molecule has 2 heterocycles. The normalized spacial score (nSPS) is 28.7. The maximum Gasteiger partial charge on any atom is 0.0897 e. The number of thiazole rings is 1. The highest BCUT2D eigenvalue weighted by Crippen LogP contribution is 2.26. The summed E-state index contributed by atoms with van der Waals surface area (Å²) in [5, 5.41) is 4.88. The van der Waals surface area contributed by atoms with E-state index in [1.807, 2.05) is 17.5 Å². The van der Waals surface area contributed by atoms with Crippen LogP contribution < -0.4 is 5.32 Å². The molecule has 0 aromatic carbocycles. The predicted molar refractivity (Wildman–Crippen MR) is 82.6 cm³/mol. The van der Waals surface area contributed by atoms with Crippen molar-refractivity contribution in [2.24, 2.45) is 5.92 Å². The van der Waals surface area contributed by atoms with E-state index in [-0.39, 0.29) is 0 Å². The van der Waals surface area contributed by atoms with Crippen LogP contribution in [0.25, 0.3) is 0 Å². The van der Waals surface area contributed by atoms with Crippen molar-refractivity contribution in [2.45, 2.75) is 59.2 Å². The molecule has 1 aromatic rings. The summed E-state index contributed by atoms with van der Waals surface area (Å²) in [6.45, 7) is 12.5. The first-order chi connectivity index (χ1) is 9.11. The number of piperidine rings is 1. The van der Waals surface area contributed by atoms with Crippen LogP contribution in [0.4, 0.5) is 0 Å². The van der Waals surface area contributed by atoms with E-state index in [0.29, 0.717) is 18.0 Å². The Labute approximate surface area is 121 Å². The third kappa shape index (κ3) is 3.77. The van der Waals surface area contributed by atoms with E-state index in [1.165, 1.54) is 29.3 Å². The van der Waals surface area contributed by atoms with Crippen LogP contribution in [0.5, 0.6) is 0 Å². The molecule has 1 aliphatic rings. The molecule has 2 rings (SSSR count). The van der Waals surface area contributed by atoms with Crippen LogP contribution in [0.15, 0.2) is 6.20 Å². The zero-order valence-corrected chi connectivity index (χ0v) is 13.5. The molecule has 3 nitrogen and oxygen atoms in total. The van der Waals surface area contributed by atoms with Gasteiger partial charge in [-0.25, -0.2) is 4.98 Å². The maximum absolute atomic E-state index is 4.36. The molecule has 0 bridgehead atoms. The lowest BCUT2D eigenvalue weighted by Gasteiger charge is -2.43. The topological polar surface area (TPSA) is 28.2 Å². The number of nitrogens with zero attached hydrogens (tertiary/aromatic N) is 2. The van der Waals surface area contributed by atoms with Crippen LogP contribution >= 0.6 is 11.3 Å². The molecule has 1 fully saturated rings. The molecular formula is C15H27N3S. The number of likely N-dealkylation sites (tertiary alicyclic amines) is 1. The Hall–Kier alpha value is -0.450. The van der Waals surface area contributed by atoms with Crippen molar-refractivity contribution in [2.75, 3.05) is 13.1 Å². The van der Waals surface area contributed by atoms with Gasteiger partial charge in [-0.2, -0.15) is 0 Å². The van der Waals surface area contributed by atoms with Gasteiger partial charge in [0.25, 0.3) is 0 Å². The fraction of sp³-hybridized carbons (Fsp3) is 0.800. The first-order valence-electron chi connectivity index (χ1n) is 7.50. The first kappa shape index (κ1) is 14.9. The van der Waals surface area contributed by atoms with Crippen LogP contribution in [0.3, 0.4) is 0 Å². The summed E-state index contributed by atoms with van der Waals surface area (Å²) in [6, 6.07) is 1.33. The van der Waals surface area contributed by atoms with E-state index in [9.17, 15) is 0 Å². The molecule has 3 unspecified atom stereocenters. The van der Waals surface area contributed by atoms with Crippen LogP contribution in [0, 0.1) is 12.8 Å². The Bertz CT molecular complexity index is 390. The Morgan fingerprint density at radius 3 is 2.89 bits per heavy atom. The van der Waals surface area contributed by atoms with E-state index >= 15 is 0 Å². The second-order valence-electron chi connectivity index (χ2n) is 5.77. The van der Waals surface area contributed by atoms with Gasteiger partial charge < -0.3 is 5.32 Å². The number of aromatic nitrogens is 1. The third-order valence-electron chi connectivity index (χ3n) is 4.38. The molecule has 19 heavy (non-hydrogen) atoms. The summed E-state index contributed by atoms with van der Waals surface area (Å²) in [4.78, 5) is 8.37. The van der Waals surface area contributed by atoms with Gasteiger partial charge in [0.05, 0.1) is 5.01 Å². The molecule has 1 aromatic heterocycles. The highest BCUT2D eigenvalue weighted by molar-refractivity contribution is 7.11. The van der Waals surface area contributed by atoms with Crippen molar-refractivity contribution >= 4 is 11.3 Å². The van der Waals surface area contributed by atoms with Gasteiger partial charge in [0, 0.05) is 36.2 Å². The number of aryl methyl sites for hydroxylation is 1. The molecule has 108 valence electrons. The monoisotopic (exact) mass is 281 g/mol. The van der Waals surface area contributed by atoms with Crippen molar-refractivity contribution in [3.63, 3.8) is 0 Å². The summed E-state index contributed by atoms with van der Waals surface area (Å²) >= 11 is 1.83. The van der Waals surface area contributed by atoms with Crippen LogP contribution in [-0.2, 0) is 6.54 Å². The van der Waals surface area contributed by atoms with E-state index in [4.69, 9.17) is 0 Å². The Morgan fingerprint density at radius 1 is 1.47 bits per heavy atom. The number of rotatable bonds is 5. The van der Waals surface area contributed by atoms with Gasteiger partial charge in [-0.3, -0.25) is 4.90 Å². The fourth-order valence-corrected chi connectivity index (χ4v) is 3.78. The molecule has 4 heteroatoms. The van der Waals surface area contributed by atoms with E-state index in [2.05, 4.69) is 42.9 Å². The van der Waals surface area contributed by atoms with Crippen molar-refractivity contribution in [1.82, 2.24) is 15.2 Å². The molecule has 1 saturated heterocycles. The average molecular weight is 281 g/mol. The lowest BCUT2D eigenvalue weighted by molar-refractivity contribution is 0.0793. The minimum Gasteiger partial charge on any atom is -0.314 e. The van der Waals surface area contributed by atoms with E-state index < -0.39 is 0 Å². The molecule has 0 aliphatic carbocycles. The van der Waals surface area contributed by atoms with E-state index in [0.717, 1.165) is 13.1 Å². The first-order valence-corrected chi connectivity index (χ1v) is 8.32. The van der Waals surface area contributed by atoms with Gasteiger partial charge in [-0.05, 0) is 39.2 Å². The Morgan fingerprint density at radius 2 is 2.26 bits per heavy atom. The summed E-state index contributed by atoms with van der Waals surface area (Å²) in [5.41, 5.74) is 0. The summed E-state index contributed by atoms with van der Waals surface area (Å²) in [5.74, 6) is 0.717. The van der Waals surface area contributed by atoms with Crippen LogP contribution in [0.2, 0.25) is 0 Å². The predicted octanol–water partition coefficient (Wildman–Crippen LogP) is 3.05. The third-order valence-corrected chi connectivity index (χ3v) is 5.28. The Kier molecular flexibility index (Phi) is 5.37. The molecule has 0 radical (unpaired) electrons. The highest BCUT2D eigenvalue weighted by Gasteiger charge is 2.31.